The minimum atomic E-state index is 0. The SMILES string of the molecule is Cl.Cl.N#Cc1ccc(OC2CCC(N)CC2)cc1.N#Cc1ccc(OC2CCC(N)CC2)cc1. The van der Waals surface area contributed by atoms with Crippen molar-refractivity contribution in [2.75, 3.05) is 0 Å². The lowest BCUT2D eigenvalue weighted by molar-refractivity contribution is 0.147. The van der Waals surface area contributed by atoms with Crippen LogP contribution < -0.4 is 20.9 Å². The Kier molecular flexibility index (Phi) is 13.4. The predicted molar refractivity (Wildman–Crippen MR) is 139 cm³/mol. The average molecular weight is 505 g/mol. The summed E-state index contributed by atoms with van der Waals surface area (Å²) < 4.78 is 11.7. The molecule has 2 saturated carbocycles. The second kappa shape index (κ2) is 15.4. The number of benzene rings is 2. The molecule has 8 heteroatoms. The van der Waals surface area contributed by atoms with Crippen LogP contribution in [0.2, 0.25) is 0 Å². The Morgan fingerprint density at radius 1 is 0.559 bits per heavy atom. The minimum Gasteiger partial charge on any atom is -0.490 e. The van der Waals surface area contributed by atoms with Crippen LogP contribution in [0.25, 0.3) is 0 Å². The fraction of sp³-hybridized carbons (Fsp3) is 0.462. The molecule has 0 amide bonds. The lowest BCUT2D eigenvalue weighted by Gasteiger charge is -2.26. The highest BCUT2D eigenvalue weighted by atomic mass is 35.5. The number of nitrogens with two attached hydrogens (primary N) is 2. The van der Waals surface area contributed by atoms with Gasteiger partial charge in [0.2, 0.25) is 0 Å². The Bertz CT molecular complexity index is 832. The summed E-state index contributed by atoms with van der Waals surface area (Å²) in [4.78, 5) is 0. The highest BCUT2D eigenvalue weighted by Gasteiger charge is 2.20. The molecule has 2 aliphatic rings. The van der Waals surface area contributed by atoms with Crippen molar-refractivity contribution in [2.45, 2.75) is 75.7 Å². The molecule has 2 aromatic carbocycles. The van der Waals surface area contributed by atoms with Crippen LogP contribution in [0.15, 0.2) is 48.5 Å². The fourth-order valence-corrected chi connectivity index (χ4v) is 4.01. The summed E-state index contributed by atoms with van der Waals surface area (Å²) in [6.07, 6.45) is 8.86. The zero-order valence-corrected chi connectivity index (χ0v) is 20.9. The summed E-state index contributed by atoms with van der Waals surface area (Å²) >= 11 is 0. The summed E-state index contributed by atoms with van der Waals surface area (Å²) in [7, 11) is 0. The van der Waals surface area contributed by atoms with Crippen LogP contribution >= 0.6 is 24.8 Å². The van der Waals surface area contributed by atoms with E-state index in [4.69, 9.17) is 31.5 Å². The van der Waals surface area contributed by atoms with E-state index in [9.17, 15) is 0 Å². The zero-order chi connectivity index (χ0) is 22.8. The molecule has 6 nitrogen and oxygen atoms in total. The van der Waals surface area contributed by atoms with E-state index in [1.54, 1.807) is 24.3 Å². The van der Waals surface area contributed by atoms with Crippen LogP contribution in [-0.4, -0.2) is 24.3 Å². The van der Waals surface area contributed by atoms with Crippen LogP contribution in [0, 0.1) is 22.7 Å². The van der Waals surface area contributed by atoms with Gasteiger partial charge in [0, 0.05) is 12.1 Å². The molecule has 4 rings (SSSR count). The molecular formula is C26H34Cl2N4O2. The molecule has 0 radical (unpaired) electrons. The van der Waals surface area contributed by atoms with E-state index in [0.717, 1.165) is 62.9 Å². The molecule has 34 heavy (non-hydrogen) atoms. The van der Waals surface area contributed by atoms with Gasteiger partial charge in [-0.3, -0.25) is 0 Å². The summed E-state index contributed by atoms with van der Waals surface area (Å²) in [5.74, 6) is 1.69. The number of ether oxygens (including phenoxy) is 2. The predicted octanol–water partition coefficient (Wildman–Crippen LogP) is 5.26. The van der Waals surface area contributed by atoms with E-state index in [2.05, 4.69) is 12.1 Å². The highest BCUT2D eigenvalue weighted by Crippen LogP contribution is 2.24. The van der Waals surface area contributed by atoms with Gasteiger partial charge in [0.1, 0.15) is 11.5 Å². The lowest BCUT2D eigenvalue weighted by atomic mass is 9.94. The fourth-order valence-electron chi connectivity index (χ4n) is 4.01. The maximum atomic E-state index is 8.67. The van der Waals surface area contributed by atoms with Gasteiger partial charge < -0.3 is 20.9 Å². The minimum absolute atomic E-state index is 0. The molecule has 184 valence electrons. The van der Waals surface area contributed by atoms with Gasteiger partial charge in [-0.05, 0) is 99.9 Å². The quantitative estimate of drug-likeness (QED) is 0.586. The first-order valence-electron chi connectivity index (χ1n) is 11.4. The van der Waals surface area contributed by atoms with Crippen LogP contribution in [0.3, 0.4) is 0 Å². The largest absolute Gasteiger partial charge is 0.490 e. The highest BCUT2D eigenvalue weighted by molar-refractivity contribution is 5.85. The molecule has 0 unspecified atom stereocenters. The zero-order valence-electron chi connectivity index (χ0n) is 19.3. The first-order chi connectivity index (χ1) is 15.6. The summed E-state index contributed by atoms with van der Waals surface area (Å²) in [5, 5.41) is 17.3. The number of hydrogen-bond acceptors (Lipinski definition) is 6. The van der Waals surface area contributed by atoms with Crippen molar-refractivity contribution in [3.05, 3.63) is 59.7 Å². The van der Waals surface area contributed by atoms with Gasteiger partial charge in [0.05, 0.1) is 35.5 Å². The number of halogens is 2. The van der Waals surface area contributed by atoms with Gasteiger partial charge in [-0.1, -0.05) is 0 Å². The molecule has 0 saturated heterocycles. The Balaban J connectivity index is 0.000000321. The summed E-state index contributed by atoms with van der Waals surface area (Å²) in [6, 6.07) is 19.4. The van der Waals surface area contributed by atoms with Crippen molar-refractivity contribution in [2.24, 2.45) is 11.5 Å². The van der Waals surface area contributed by atoms with E-state index in [1.807, 2.05) is 24.3 Å². The third-order valence-corrected chi connectivity index (χ3v) is 6.01. The van der Waals surface area contributed by atoms with E-state index in [0.29, 0.717) is 23.2 Å². The van der Waals surface area contributed by atoms with Crippen LogP contribution in [0.1, 0.15) is 62.5 Å². The molecule has 2 aliphatic carbocycles. The third kappa shape index (κ3) is 9.79. The number of rotatable bonds is 4. The second-order valence-corrected chi connectivity index (χ2v) is 8.58. The molecule has 0 atom stereocenters. The van der Waals surface area contributed by atoms with E-state index < -0.39 is 0 Å². The third-order valence-electron chi connectivity index (χ3n) is 6.01. The van der Waals surface area contributed by atoms with E-state index in [1.165, 1.54) is 0 Å². The summed E-state index contributed by atoms with van der Waals surface area (Å²) in [5.41, 5.74) is 13.0. The van der Waals surface area contributed by atoms with Crippen molar-refractivity contribution in [3.63, 3.8) is 0 Å². The monoisotopic (exact) mass is 504 g/mol. The molecule has 0 heterocycles. The van der Waals surface area contributed by atoms with E-state index in [-0.39, 0.29) is 37.0 Å². The van der Waals surface area contributed by atoms with Gasteiger partial charge in [0.25, 0.3) is 0 Å². The smallest absolute Gasteiger partial charge is 0.119 e. The van der Waals surface area contributed by atoms with Crippen LogP contribution in [-0.2, 0) is 0 Å². The Morgan fingerprint density at radius 3 is 1.12 bits per heavy atom. The Hall–Kier alpha value is -2.48. The maximum absolute atomic E-state index is 8.67. The normalized spacial score (nSPS) is 23.3. The van der Waals surface area contributed by atoms with Crippen molar-refractivity contribution in [3.8, 4) is 23.6 Å². The number of nitriles is 2. The van der Waals surface area contributed by atoms with Crippen molar-refractivity contribution in [1.29, 1.82) is 10.5 Å². The number of nitrogens with zero attached hydrogens (tertiary/aromatic N) is 2. The summed E-state index contributed by atoms with van der Waals surface area (Å²) in [6.45, 7) is 0. The molecular weight excluding hydrogens is 471 g/mol. The van der Waals surface area contributed by atoms with Crippen molar-refractivity contribution >= 4 is 24.8 Å². The molecule has 4 N–H and O–H groups in total. The van der Waals surface area contributed by atoms with Crippen LogP contribution in [0.5, 0.6) is 11.5 Å². The maximum Gasteiger partial charge on any atom is 0.119 e. The second-order valence-electron chi connectivity index (χ2n) is 8.58. The Labute approximate surface area is 215 Å². The lowest BCUT2D eigenvalue weighted by Crippen LogP contribution is -2.31. The van der Waals surface area contributed by atoms with Gasteiger partial charge in [-0.15, -0.1) is 24.8 Å². The molecule has 2 aromatic rings. The van der Waals surface area contributed by atoms with Gasteiger partial charge in [-0.25, -0.2) is 0 Å². The standard InChI is InChI=1S/2C13H16N2O.2ClH/c2*14-9-10-1-5-12(6-2-10)16-13-7-3-11(15)4-8-13;;/h2*1-2,5-6,11,13H,3-4,7-8,15H2;2*1H. The molecule has 0 aliphatic heterocycles. The molecule has 0 aromatic heterocycles. The van der Waals surface area contributed by atoms with Crippen LogP contribution in [0.4, 0.5) is 0 Å². The molecule has 2 fully saturated rings. The molecule has 0 spiro atoms. The van der Waals surface area contributed by atoms with Crippen molar-refractivity contribution < 1.29 is 9.47 Å². The van der Waals surface area contributed by atoms with Gasteiger partial charge in [0.15, 0.2) is 0 Å². The first kappa shape index (κ1) is 29.6. The van der Waals surface area contributed by atoms with E-state index >= 15 is 0 Å². The van der Waals surface area contributed by atoms with Crippen molar-refractivity contribution in [1.82, 2.24) is 0 Å². The first-order valence-corrected chi connectivity index (χ1v) is 11.4. The topological polar surface area (TPSA) is 118 Å². The number of hydrogen-bond donors (Lipinski definition) is 2. The molecule has 0 bridgehead atoms. The Morgan fingerprint density at radius 2 is 0.853 bits per heavy atom. The van der Waals surface area contributed by atoms with Gasteiger partial charge >= 0.3 is 0 Å². The van der Waals surface area contributed by atoms with Gasteiger partial charge in [-0.2, -0.15) is 10.5 Å². The average Bonchev–Trinajstić information content (AvgIpc) is 2.83.